The van der Waals surface area contributed by atoms with Gasteiger partial charge in [-0.2, -0.15) is 13.2 Å². The number of aromatic nitrogens is 1. The van der Waals surface area contributed by atoms with E-state index in [1.807, 2.05) is 0 Å². The Morgan fingerprint density at radius 1 is 1.09 bits per heavy atom. The van der Waals surface area contributed by atoms with Crippen LogP contribution in [0, 0.1) is 0 Å². The molecule has 0 saturated carbocycles. The first-order valence-electron chi connectivity index (χ1n) is 10.0. The van der Waals surface area contributed by atoms with Gasteiger partial charge in [0.2, 0.25) is 5.91 Å². The number of alkyl halides is 3. The van der Waals surface area contributed by atoms with Crippen molar-refractivity contribution in [3.8, 4) is 5.75 Å². The molecule has 0 spiro atoms. The molecule has 3 aromatic rings. The van der Waals surface area contributed by atoms with Crippen molar-refractivity contribution in [3.63, 3.8) is 0 Å². The summed E-state index contributed by atoms with van der Waals surface area (Å²) in [5.41, 5.74) is -1.43. The first-order valence-corrected chi connectivity index (χ1v) is 10.0. The van der Waals surface area contributed by atoms with E-state index in [1.165, 1.54) is 25.3 Å². The minimum absolute atomic E-state index is 0.0349. The van der Waals surface area contributed by atoms with E-state index in [9.17, 15) is 27.6 Å². The summed E-state index contributed by atoms with van der Waals surface area (Å²) in [4.78, 5) is 37.0. The summed E-state index contributed by atoms with van der Waals surface area (Å²) in [7, 11) is 0. The molecule has 1 atom stereocenters. The number of carbonyl (C=O) groups excluding carboxylic acids is 2. The number of pyridine rings is 1. The molecule has 3 rings (SSSR count). The fourth-order valence-corrected chi connectivity index (χ4v) is 3.14. The lowest BCUT2D eigenvalue weighted by atomic mass is 10.1. The second kappa shape index (κ2) is 9.76. The Balaban J connectivity index is 1.80. The lowest BCUT2D eigenvalue weighted by molar-refractivity contribution is -0.150. The number of halogens is 3. The quantitative estimate of drug-likeness (QED) is 0.537. The van der Waals surface area contributed by atoms with E-state index in [4.69, 9.17) is 9.47 Å². The van der Waals surface area contributed by atoms with Gasteiger partial charge < -0.3 is 19.4 Å². The van der Waals surface area contributed by atoms with Gasteiger partial charge in [-0.1, -0.05) is 12.1 Å². The molecule has 1 unspecified atom stereocenters. The van der Waals surface area contributed by atoms with Crippen LogP contribution in [0.15, 0.2) is 59.5 Å². The van der Waals surface area contributed by atoms with Crippen LogP contribution in [0.1, 0.15) is 19.4 Å². The molecule has 0 saturated heterocycles. The maximum Gasteiger partial charge on any atom is 0.416 e. The summed E-state index contributed by atoms with van der Waals surface area (Å²) in [6.45, 7) is 3.00. The third-order valence-electron chi connectivity index (χ3n) is 4.69. The molecular weight excluding hydrogens is 441 g/mol. The van der Waals surface area contributed by atoms with E-state index in [-0.39, 0.29) is 17.7 Å². The van der Waals surface area contributed by atoms with Crippen LogP contribution < -0.4 is 15.6 Å². The lowest BCUT2D eigenvalue weighted by Crippen LogP contribution is -2.28. The highest BCUT2D eigenvalue weighted by molar-refractivity contribution is 5.91. The number of nitrogens with one attached hydrogen (secondary N) is 1. The van der Waals surface area contributed by atoms with Gasteiger partial charge in [-0.05, 0) is 50.2 Å². The number of carbonyl (C=O) groups is 2. The molecule has 1 heterocycles. The van der Waals surface area contributed by atoms with E-state index in [0.29, 0.717) is 11.1 Å². The number of esters is 1. The predicted octanol–water partition coefficient (Wildman–Crippen LogP) is 3.99. The van der Waals surface area contributed by atoms with E-state index in [0.717, 1.165) is 16.7 Å². The highest BCUT2D eigenvalue weighted by Gasteiger charge is 2.30. The average Bonchev–Trinajstić information content (AvgIpc) is 2.76. The highest BCUT2D eigenvalue weighted by atomic mass is 19.4. The summed E-state index contributed by atoms with van der Waals surface area (Å²) in [6.07, 6.45) is -4.06. The van der Waals surface area contributed by atoms with Crippen molar-refractivity contribution in [2.45, 2.75) is 32.7 Å². The molecule has 0 fully saturated rings. The topological polar surface area (TPSA) is 86.6 Å². The van der Waals surface area contributed by atoms with Gasteiger partial charge in [0.05, 0.1) is 17.6 Å². The van der Waals surface area contributed by atoms with Crippen molar-refractivity contribution >= 4 is 28.3 Å². The van der Waals surface area contributed by atoms with Crippen molar-refractivity contribution in [2.24, 2.45) is 0 Å². The molecule has 2 aromatic carbocycles. The molecule has 174 valence electrons. The number of anilines is 1. The molecule has 0 aliphatic rings. The second-order valence-electron chi connectivity index (χ2n) is 7.11. The Labute approximate surface area is 186 Å². The van der Waals surface area contributed by atoms with Gasteiger partial charge in [0.25, 0.3) is 5.56 Å². The van der Waals surface area contributed by atoms with Crippen LogP contribution in [0.25, 0.3) is 10.8 Å². The van der Waals surface area contributed by atoms with E-state index >= 15 is 0 Å². The summed E-state index contributed by atoms with van der Waals surface area (Å²) >= 11 is 0. The number of nitrogens with zero attached hydrogens (tertiary/aromatic N) is 1. The van der Waals surface area contributed by atoms with Crippen molar-refractivity contribution in [2.75, 3.05) is 11.9 Å². The van der Waals surface area contributed by atoms with Gasteiger partial charge in [-0.3, -0.25) is 9.59 Å². The normalized spacial score (nSPS) is 12.3. The van der Waals surface area contributed by atoms with E-state index in [2.05, 4.69) is 5.32 Å². The van der Waals surface area contributed by atoms with Gasteiger partial charge >= 0.3 is 12.1 Å². The molecule has 33 heavy (non-hydrogen) atoms. The molecule has 1 N–H and O–H groups in total. The van der Waals surface area contributed by atoms with Gasteiger partial charge in [-0.15, -0.1) is 0 Å². The molecule has 0 radical (unpaired) electrons. The maximum atomic E-state index is 12.9. The van der Waals surface area contributed by atoms with Crippen LogP contribution in [0.2, 0.25) is 0 Å². The van der Waals surface area contributed by atoms with Crippen LogP contribution >= 0.6 is 0 Å². The van der Waals surface area contributed by atoms with Crippen molar-refractivity contribution in [3.05, 3.63) is 70.6 Å². The number of hydrogen-bond donors (Lipinski definition) is 1. The van der Waals surface area contributed by atoms with Gasteiger partial charge in [0, 0.05) is 17.3 Å². The number of fused-ring (bicyclic) bond motifs is 1. The molecule has 1 amide bonds. The van der Waals surface area contributed by atoms with Gasteiger partial charge in [0.15, 0.2) is 6.10 Å². The second-order valence-corrected chi connectivity index (χ2v) is 7.11. The van der Waals surface area contributed by atoms with E-state index in [1.54, 1.807) is 31.2 Å². The third kappa shape index (κ3) is 5.71. The Hall–Kier alpha value is -3.82. The number of hydrogen-bond acceptors (Lipinski definition) is 5. The van der Waals surface area contributed by atoms with E-state index < -0.39 is 41.8 Å². The summed E-state index contributed by atoms with van der Waals surface area (Å²) < 4.78 is 50.2. The van der Waals surface area contributed by atoms with Crippen molar-refractivity contribution in [1.82, 2.24) is 4.57 Å². The molecule has 10 heteroatoms. The number of rotatable bonds is 7. The summed E-state index contributed by atoms with van der Waals surface area (Å²) in [5, 5.41) is 3.05. The van der Waals surface area contributed by atoms with Gasteiger partial charge in [0.1, 0.15) is 12.3 Å². The predicted molar refractivity (Wildman–Crippen MR) is 115 cm³/mol. The first kappa shape index (κ1) is 23.8. The molecule has 0 aliphatic heterocycles. The highest BCUT2D eigenvalue weighted by Crippen LogP contribution is 2.30. The third-order valence-corrected chi connectivity index (χ3v) is 4.69. The zero-order valence-electron chi connectivity index (χ0n) is 17.8. The Morgan fingerprint density at radius 2 is 1.82 bits per heavy atom. The van der Waals surface area contributed by atoms with Crippen LogP contribution in [0.3, 0.4) is 0 Å². The largest absolute Gasteiger partial charge is 0.478 e. The number of amides is 1. The maximum absolute atomic E-state index is 12.9. The smallest absolute Gasteiger partial charge is 0.416 e. The molecule has 0 bridgehead atoms. The zero-order valence-corrected chi connectivity index (χ0v) is 17.8. The van der Waals surface area contributed by atoms with Gasteiger partial charge in [-0.25, -0.2) is 4.79 Å². The Bertz CT molecular complexity index is 1240. The molecule has 7 nitrogen and oxygen atoms in total. The van der Waals surface area contributed by atoms with Crippen LogP contribution in [-0.2, 0) is 27.0 Å². The molecule has 1 aromatic heterocycles. The minimum atomic E-state index is -4.54. The summed E-state index contributed by atoms with van der Waals surface area (Å²) in [5.74, 6) is -0.918. The lowest BCUT2D eigenvalue weighted by Gasteiger charge is -2.15. The average molecular weight is 462 g/mol. The SMILES string of the molecule is CCOC(=O)C(C)Oc1cccc2c(=O)n(CC(=O)Nc3cccc(C(F)(F)F)c3)ccc12. The fourth-order valence-electron chi connectivity index (χ4n) is 3.14. The van der Waals surface area contributed by atoms with Crippen LogP contribution in [0.5, 0.6) is 5.75 Å². The van der Waals surface area contributed by atoms with Crippen molar-refractivity contribution in [1.29, 1.82) is 0 Å². The number of ether oxygens (including phenoxy) is 2. The summed E-state index contributed by atoms with van der Waals surface area (Å²) in [6, 6.07) is 10.5. The zero-order chi connectivity index (χ0) is 24.2. The number of benzene rings is 2. The molecular formula is C23H21F3N2O5. The van der Waals surface area contributed by atoms with Crippen LogP contribution in [-0.4, -0.2) is 29.2 Å². The fraction of sp³-hybridized carbons (Fsp3) is 0.261. The Kier molecular flexibility index (Phi) is 7.05. The first-order chi connectivity index (χ1) is 15.6. The standard InChI is InChI=1S/C23H21F3N2O5/c1-3-32-22(31)14(2)33-19-9-5-8-18-17(19)10-11-28(21(18)30)13-20(29)27-16-7-4-6-15(12-16)23(24,25)26/h4-12,14H,3,13H2,1-2H3,(H,27,29). The van der Waals surface area contributed by atoms with Crippen molar-refractivity contribution < 1.29 is 32.2 Å². The van der Waals surface area contributed by atoms with Crippen LogP contribution in [0.4, 0.5) is 18.9 Å². The monoisotopic (exact) mass is 462 g/mol. The molecule has 0 aliphatic carbocycles. The Morgan fingerprint density at radius 3 is 2.52 bits per heavy atom. The minimum Gasteiger partial charge on any atom is -0.478 e.